The summed E-state index contributed by atoms with van der Waals surface area (Å²) in [6.45, 7) is 1.38. The van der Waals surface area contributed by atoms with Crippen molar-refractivity contribution in [3.05, 3.63) is 99.8 Å². The van der Waals surface area contributed by atoms with Crippen LogP contribution in [0.25, 0.3) is 0 Å². The van der Waals surface area contributed by atoms with Gasteiger partial charge in [-0.3, -0.25) is 24.0 Å². The molecule has 38 heavy (non-hydrogen) atoms. The van der Waals surface area contributed by atoms with Gasteiger partial charge in [0.1, 0.15) is 11.7 Å². The normalized spacial score (nSPS) is 21.4. The highest BCUT2D eigenvalue weighted by Gasteiger charge is 2.71. The summed E-state index contributed by atoms with van der Waals surface area (Å²) in [4.78, 5) is 65.2. The van der Waals surface area contributed by atoms with Crippen molar-refractivity contribution in [3.63, 3.8) is 0 Å². The number of halogens is 2. The molecular formula is C28H19ClFNO7. The molecule has 5 rings (SSSR count). The molecular weight excluding hydrogens is 517 g/mol. The Balaban J connectivity index is 1.63. The average molecular weight is 536 g/mol. The Morgan fingerprint density at radius 3 is 2.11 bits per heavy atom. The zero-order chi connectivity index (χ0) is 27.4. The van der Waals surface area contributed by atoms with E-state index in [1.54, 1.807) is 0 Å². The van der Waals surface area contributed by atoms with Gasteiger partial charge in [0.05, 0.1) is 17.0 Å². The topological polar surface area (TPSA) is 127 Å². The first-order valence-electron chi connectivity index (χ1n) is 11.5. The second-order valence-corrected chi connectivity index (χ2v) is 9.52. The zero-order valence-electron chi connectivity index (χ0n) is 19.7. The molecule has 192 valence electrons. The highest BCUT2D eigenvalue weighted by molar-refractivity contribution is 6.34. The highest BCUT2D eigenvalue weighted by atomic mass is 35.5. The molecule has 0 radical (unpaired) electrons. The van der Waals surface area contributed by atoms with Gasteiger partial charge in [-0.25, -0.2) is 4.39 Å². The molecule has 2 aliphatic rings. The van der Waals surface area contributed by atoms with E-state index in [-0.39, 0.29) is 33.2 Å². The van der Waals surface area contributed by atoms with Crippen LogP contribution in [0.1, 0.15) is 49.7 Å². The molecule has 0 bridgehead atoms. The number of carboxylic acid groups (broad SMARTS) is 1. The van der Waals surface area contributed by atoms with Crippen LogP contribution in [0.3, 0.4) is 0 Å². The number of aliphatic carboxylic acids is 1. The third kappa shape index (κ3) is 3.82. The Kier molecular flexibility index (Phi) is 6.21. The highest BCUT2D eigenvalue weighted by Crippen LogP contribution is 2.54. The number of hydrogen-bond donors (Lipinski definition) is 2. The van der Waals surface area contributed by atoms with Gasteiger partial charge in [-0.15, -0.1) is 0 Å². The van der Waals surface area contributed by atoms with Gasteiger partial charge in [0, 0.05) is 22.4 Å². The minimum Gasteiger partial charge on any atom is -0.481 e. The molecule has 1 heterocycles. The van der Waals surface area contributed by atoms with Crippen molar-refractivity contribution in [1.82, 2.24) is 0 Å². The van der Waals surface area contributed by atoms with Gasteiger partial charge in [0.2, 0.25) is 23.1 Å². The van der Waals surface area contributed by atoms with E-state index in [4.69, 9.17) is 16.3 Å². The number of ether oxygens (including phenoxy) is 1. The fraction of sp³-hybridized carbons (Fsp3) is 0.179. The van der Waals surface area contributed by atoms with Crippen LogP contribution in [0.5, 0.6) is 0 Å². The van der Waals surface area contributed by atoms with E-state index in [9.17, 15) is 33.5 Å². The number of amides is 1. The number of nitrogens with one attached hydrogen (secondary N) is 1. The maximum Gasteiger partial charge on any atom is 0.311 e. The molecule has 0 saturated carbocycles. The first-order chi connectivity index (χ1) is 18.1. The molecule has 1 aliphatic carbocycles. The molecule has 8 nitrogen and oxygen atoms in total. The van der Waals surface area contributed by atoms with Crippen LogP contribution in [0.4, 0.5) is 10.1 Å². The van der Waals surface area contributed by atoms with Crippen LogP contribution >= 0.6 is 11.6 Å². The number of carboxylic acids is 1. The van der Waals surface area contributed by atoms with Crippen molar-refractivity contribution in [1.29, 1.82) is 0 Å². The first kappa shape index (κ1) is 25.4. The molecule has 10 heteroatoms. The first-order valence-corrected chi connectivity index (χ1v) is 11.9. The fourth-order valence-electron chi connectivity index (χ4n) is 5.14. The third-order valence-electron chi connectivity index (χ3n) is 6.93. The zero-order valence-corrected chi connectivity index (χ0v) is 20.5. The summed E-state index contributed by atoms with van der Waals surface area (Å²) in [5, 5.41) is 12.6. The lowest BCUT2D eigenvalue weighted by atomic mass is 9.75. The van der Waals surface area contributed by atoms with Crippen LogP contribution in [0.2, 0.25) is 5.02 Å². The predicted molar refractivity (Wildman–Crippen MR) is 133 cm³/mol. The molecule has 3 aromatic carbocycles. The number of anilines is 1. The lowest BCUT2D eigenvalue weighted by molar-refractivity contribution is -0.147. The van der Waals surface area contributed by atoms with Gasteiger partial charge in [0.25, 0.3) is 0 Å². The molecule has 1 amide bonds. The fourth-order valence-corrected chi connectivity index (χ4v) is 5.33. The van der Waals surface area contributed by atoms with Crippen molar-refractivity contribution in [2.24, 2.45) is 11.8 Å². The van der Waals surface area contributed by atoms with E-state index >= 15 is 0 Å². The molecule has 0 aromatic heterocycles. The van der Waals surface area contributed by atoms with Crippen LogP contribution in [0, 0.1) is 17.7 Å². The van der Waals surface area contributed by atoms with Crippen molar-refractivity contribution in [2.45, 2.75) is 18.6 Å². The van der Waals surface area contributed by atoms with Gasteiger partial charge in [-0.2, -0.15) is 0 Å². The van der Waals surface area contributed by atoms with Crippen LogP contribution in [0.15, 0.2) is 66.7 Å². The minimum absolute atomic E-state index is 0.0134. The summed E-state index contributed by atoms with van der Waals surface area (Å²) >= 11 is 5.96. The van der Waals surface area contributed by atoms with Crippen LogP contribution in [-0.4, -0.2) is 39.9 Å². The summed E-state index contributed by atoms with van der Waals surface area (Å²) in [6, 6.07) is 15.2. The Morgan fingerprint density at radius 2 is 1.58 bits per heavy atom. The predicted octanol–water partition coefficient (Wildman–Crippen LogP) is 4.53. The maximum absolute atomic E-state index is 13.9. The quantitative estimate of drug-likeness (QED) is 0.363. The summed E-state index contributed by atoms with van der Waals surface area (Å²) in [6.07, 6.45) is -1.44. The number of hydrogen-bond acceptors (Lipinski definition) is 6. The van der Waals surface area contributed by atoms with Gasteiger partial charge >= 0.3 is 5.97 Å². The number of ketones is 3. The van der Waals surface area contributed by atoms with E-state index < -0.39 is 52.8 Å². The monoisotopic (exact) mass is 535 g/mol. The largest absolute Gasteiger partial charge is 0.481 e. The average Bonchev–Trinajstić information content (AvgIpc) is 3.36. The van der Waals surface area contributed by atoms with E-state index in [1.807, 2.05) is 0 Å². The second kappa shape index (κ2) is 9.27. The van der Waals surface area contributed by atoms with E-state index in [0.29, 0.717) is 5.56 Å². The van der Waals surface area contributed by atoms with E-state index in [0.717, 1.165) is 6.07 Å². The van der Waals surface area contributed by atoms with Gasteiger partial charge in [0.15, 0.2) is 5.78 Å². The van der Waals surface area contributed by atoms with Gasteiger partial charge < -0.3 is 15.2 Å². The van der Waals surface area contributed by atoms with Crippen LogP contribution in [-0.2, 0) is 14.3 Å². The van der Waals surface area contributed by atoms with E-state index in [1.165, 1.54) is 67.6 Å². The Labute approximate surface area is 220 Å². The Bertz CT molecular complexity index is 1500. The Morgan fingerprint density at radius 1 is 0.974 bits per heavy atom. The maximum atomic E-state index is 13.9. The summed E-state index contributed by atoms with van der Waals surface area (Å²) < 4.78 is 20.0. The third-order valence-corrected chi connectivity index (χ3v) is 7.22. The SMILES string of the molecule is CC(=O)c1ccc(NC(=O)C2C(c3ccc(F)c(Cl)c3)OC3(C(=O)c4ccccc4C3=O)C2C(=O)O)cc1. The van der Waals surface area contributed by atoms with Gasteiger partial charge in [-0.1, -0.05) is 41.9 Å². The van der Waals surface area contributed by atoms with Crippen LogP contribution < -0.4 is 5.32 Å². The molecule has 1 aliphatic heterocycles. The Hall–Kier alpha value is -4.21. The summed E-state index contributed by atoms with van der Waals surface area (Å²) in [5.74, 6) is -8.65. The molecule has 3 aromatic rings. The summed E-state index contributed by atoms with van der Waals surface area (Å²) in [7, 11) is 0. The number of fused-ring (bicyclic) bond motifs is 1. The van der Waals surface area contributed by atoms with Crippen molar-refractivity contribution in [3.8, 4) is 0 Å². The lowest BCUT2D eigenvalue weighted by Crippen LogP contribution is -2.52. The molecule has 2 N–H and O–H groups in total. The van der Waals surface area contributed by atoms with Gasteiger partial charge in [-0.05, 0) is 48.9 Å². The van der Waals surface area contributed by atoms with Crippen molar-refractivity contribution >= 4 is 46.5 Å². The molecule has 1 fully saturated rings. The van der Waals surface area contributed by atoms with E-state index in [2.05, 4.69) is 5.32 Å². The second-order valence-electron chi connectivity index (χ2n) is 9.12. The lowest BCUT2D eigenvalue weighted by Gasteiger charge is -2.25. The molecule has 1 spiro atoms. The molecule has 3 atom stereocenters. The number of carbonyl (C=O) groups excluding carboxylic acids is 4. The number of carbonyl (C=O) groups is 5. The minimum atomic E-state index is -2.51. The number of benzene rings is 3. The summed E-state index contributed by atoms with van der Waals surface area (Å²) in [5.41, 5.74) is -1.78. The smallest absolute Gasteiger partial charge is 0.311 e. The number of Topliss-reactive ketones (excluding diaryl/α,β-unsaturated/α-hetero) is 3. The number of rotatable bonds is 5. The molecule has 1 saturated heterocycles. The van der Waals surface area contributed by atoms with Crippen molar-refractivity contribution in [2.75, 3.05) is 5.32 Å². The van der Waals surface area contributed by atoms with Crippen molar-refractivity contribution < 1.29 is 38.2 Å². The standard InChI is InChI=1S/C28H19ClFNO7/c1-13(32)14-6-9-16(10-7-14)31-26(35)21-22(27(36)37)28(24(33)17-4-2-3-5-18(17)25(28)34)38-23(21)15-8-11-20(30)19(29)12-15/h2-12,21-23H,1H3,(H,31,35)(H,36,37). The molecule has 3 unspecified atom stereocenters.